The van der Waals surface area contributed by atoms with Crippen molar-refractivity contribution in [3.8, 4) is 0 Å². The van der Waals surface area contributed by atoms with E-state index in [1.807, 2.05) is 9.44 Å². The number of hydrogen-bond acceptors (Lipinski definition) is 4. The molecule has 2 atom stereocenters. The summed E-state index contributed by atoms with van der Waals surface area (Å²) in [7, 11) is 0. The third-order valence-electron chi connectivity index (χ3n) is 0.565. The largest absolute Gasteiger partial charge is 0.760 e. The van der Waals surface area contributed by atoms with Crippen LogP contribution < -0.4 is 9.44 Å². The van der Waals surface area contributed by atoms with Crippen LogP contribution in [0.25, 0.3) is 0 Å². The molecule has 2 N–H and O–H groups in total. The quantitative estimate of drug-likeness (QED) is 0.374. The summed E-state index contributed by atoms with van der Waals surface area (Å²) in [4.78, 5) is 0. The maximum absolute atomic E-state index is 9.75. The fourth-order valence-electron chi connectivity index (χ4n) is 0.269. The Morgan fingerprint density at radius 2 is 1.30 bits per heavy atom. The highest BCUT2D eigenvalue weighted by atomic mass is 32.2. The van der Waals surface area contributed by atoms with Gasteiger partial charge in [0.25, 0.3) is 0 Å². The molecular weight excluding hydrogens is 180 g/mol. The standard InChI is InChI=1S/C2H8N2O4S2/c5-9(6)3-1-2-4-10(7)8/h3-4H,1-2H2,(H,5,6)(H,7,8)/p-2. The second-order valence-electron chi connectivity index (χ2n) is 1.26. The molecule has 0 fully saturated rings. The molecule has 0 aliphatic carbocycles. The van der Waals surface area contributed by atoms with E-state index in [1.165, 1.54) is 0 Å². The summed E-state index contributed by atoms with van der Waals surface area (Å²) in [5.41, 5.74) is 0. The van der Waals surface area contributed by atoms with Gasteiger partial charge in [-0.1, -0.05) is 0 Å². The zero-order valence-electron chi connectivity index (χ0n) is 4.86. The average Bonchev–Trinajstić information content (AvgIpc) is 1.79. The van der Waals surface area contributed by atoms with Gasteiger partial charge in [0.1, 0.15) is 0 Å². The topological polar surface area (TPSA) is 104 Å². The smallest absolute Gasteiger partial charge is 0.0206 e. The first kappa shape index (κ1) is 10.1. The highest BCUT2D eigenvalue weighted by Gasteiger charge is 1.84. The summed E-state index contributed by atoms with van der Waals surface area (Å²) in [6.45, 7) is 0.119. The Kier molecular flexibility index (Phi) is 5.97. The third kappa shape index (κ3) is 8.14. The first-order valence-electron chi connectivity index (χ1n) is 2.28. The first-order chi connectivity index (χ1) is 4.63. The van der Waals surface area contributed by atoms with Gasteiger partial charge in [-0.3, -0.25) is 8.42 Å². The van der Waals surface area contributed by atoms with Crippen LogP contribution in [0, 0.1) is 0 Å². The molecule has 0 rings (SSSR count). The number of hydrogen-bond donors (Lipinski definition) is 2. The van der Waals surface area contributed by atoms with Crippen molar-refractivity contribution in [1.82, 2.24) is 9.44 Å². The van der Waals surface area contributed by atoms with Crippen molar-refractivity contribution in [3.63, 3.8) is 0 Å². The van der Waals surface area contributed by atoms with E-state index < -0.39 is 22.5 Å². The minimum absolute atomic E-state index is 0.0596. The molecule has 0 amide bonds. The molecule has 0 saturated heterocycles. The van der Waals surface area contributed by atoms with Crippen LogP contribution in [0.4, 0.5) is 0 Å². The molecule has 0 aliphatic rings. The molecule has 0 heterocycles. The van der Waals surface area contributed by atoms with Gasteiger partial charge in [-0.2, -0.15) is 0 Å². The summed E-state index contributed by atoms with van der Waals surface area (Å²) in [5.74, 6) is 0. The lowest BCUT2D eigenvalue weighted by atomic mass is 10.7. The normalized spacial score (nSPS) is 16.6. The van der Waals surface area contributed by atoms with E-state index >= 15 is 0 Å². The Morgan fingerprint density at radius 3 is 1.50 bits per heavy atom. The van der Waals surface area contributed by atoms with E-state index in [-0.39, 0.29) is 13.1 Å². The van der Waals surface area contributed by atoms with Crippen molar-refractivity contribution in [2.75, 3.05) is 13.1 Å². The lowest BCUT2D eigenvalue weighted by Gasteiger charge is -2.08. The zero-order valence-corrected chi connectivity index (χ0v) is 6.50. The molecule has 0 aromatic carbocycles. The third-order valence-corrected chi connectivity index (χ3v) is 1.44. The van der Waals surface area contributed by atoms with Crippen molar-refractivity contribution in [2.24, 2.45) is 0 Å². The minimum Gasteiger partial charge on any atom is -0.760 e. The molecule has 8 heteroatoms. The second kappa shape index (κ2) is 5.89. The Morgan fingerprint density at radius 1 is 1.00 bits per heavy atom. The Bertz CT molecular complexity index is 123. The molecule has 0 bridgehead atoms. The summed E-state index contributed by atoms with van der Waals surface area (Å²) < 4.78 is 43.0. The van der Waals surface area contributed by atoms with Crippen LogP contribution in [0.15, 0.2) is 0 Å². The van der Waals surface area contributed by atoms with Gasteiger partial charge in [0.2, 0.25) is 0 Å². The van der Waals surface area contributed by atoms with Crippen LogP contribution in [0.5, 0.6) is 0 Å². The van der Waals surface area contributed by atoms with Crippen molar-refractivity contribution < 1.29 is 17.5 Å². The molecular formula is C2H6N2O4S2-2. The lowest BCUT2D eigenvalue weighted by molar-refractivity contribution is 0.513. The van der Waals surface area contributed by atoms with Crippen LogP contribution in [0.2, 0.25) is 0 Å². The van der Waals surface area contributed by atoms with E-state index in [1.54, 1.807) is 0 Å². The average molecular weight is 186 g/mol. The van der Waals surface area contributed by atoms with Gasteiger partial charge in [-0.15, -0.1) is 0 Å². The molecule has 6 nitrogen and oxygen atoms in total. The Balaban J connectivity index is 3.06. The highest BCUT2D eigenvalue weighted by Crippen LogP contribution is 1.64. The molecule has 0 aromatic rings. The van der Waals surface area contributed by atoms with Crippen LogP contribution in [-0.4, -0.2) is 30.6 Å². The van der Waals surface area contributed by atoms with Gasteiger partial charge in [0.05, 0.1) is 0 Å². The van der Waals surface area contributed by atoms with E-state index in [4.69, 9.17) is 0 Å². The molecule has 0 spiro atoms. The molecule has 10 heavy (non-hydrogen) atoms. The van der Waals surface area contributed by atoms with Crippen molar-refractivity contribution in [3.05, 3.63) is 0 Å². The second-order valence-corrected chi connectivity index (χ2v) is 2.77. The highest BCUT2D eigenvalue weighted by molar-refractivity contribution is 7.77. The fraction of sp³-hybridized carbons (Fsp3) is 1.00. The summed E-state index contributed by atoms with van der Waals surface area (Å²) in [6, 6.07) is 0. The van der Waals surface area contributed by atoms with Crippen molar-refractivity contribution >= 4 is 22.5 Å². The molecule has 0 radical (unpaired) electrons. The van der Waals surface area contributed by atoms with Crippen LogP contribution in [0.1, 0.15) is 0 Å². The maximum atomic E-state index is 9.75. The van der Waals surface area contributed by atoms with E-state index in [0.29, 0.717) is 0 Å². The van der Waals surface area contributed by atoms with E-state index in [2.05, 4.69) is 0 Å². The van der Waals surface area contributed by atoms with Gasteiger partial charge in [0, 0.05) is 35.6 Å². The predicted octanol–water partition coefficient (Wildman–Crippen LogP) is -2.25. The van der Waals surface area contributed by atoms with E-state index in [0.717, 1.165) is 0 Å². The van der Waals surface area contributed by atoms with Crippen LogP contribution in [-0.2, 0) is 22.5 Å². The number of rotatable bonds is 5. The predicted molar refractivity (Wildman–Crippen MR) is 33.8 cm³/mol. The van der Waals surface area contributed by atoms with Gasteiger partial charge in [-0.05, 0) is 0 Å². The van der Waals surface area contributed by atoms with Gasteiger partial charge >= 0.3 is 0 Å². The maximum Gasteiger partial charge on any atom is 0.0206 e. The van der Waals surface area contributed by atoms with Crippen molar-refractivity contribution in [1.29, 1.82) is 0 Å². The fourth-order valence-corrected chi connectivity index (χ4v) is 0.806. The zero-order chi connectivity index (χ0) is 7.98. The first-order valence-corrected chi connectivity index (χ1v) is 4.43. The number of nitrogens with one attached hydrogen (secondary N) is 2. The van der Waals surface area contributed by atoms with Gasteiger partial charge in [-0.25, -0.2) is 9.44 Å². The monoisotopic (exact) mass is 186 g/mol. The molecule has 62 valence electrons. The molecule has 2 unspecified atom stereocenters. The van der Waals surface area contributed by atoms with Crippen LogP contribution >= 0.6 is 0 Å². The molecule has 0 aliphatic heterocycles. The SMILES string of the molecule is O=S([O-])NCCNS(=O)[O-]. The van der Waals surface area contributed by atoms with E-state index in [9.17, 15) is 17.5 Å². The Labute approximate surface area is 63.2 Å². The van der Waals surface area contributed by atoms with Crippen LogP contribution in [0.3, 0.4) is 0 Å². The molecule has 0 aromatic heterocycles. The minimum atomic E-state index is -2.32. The molecule has 0 saturated carbocycles. The Hall–Kier alpha value is 0.140. The summed E-state index contributed by atoms with van der Waals surface area (Å²) in [6.07, 6.45) is 0. The van der Waals surface area contributed by atoms with Gasteiger partial charge in [0.15, 0.2) is 0 Å². The van der Waals surface area contributed by atoms with Gasteiger partial charge < -0.3 is 9.11 Å². The summed E-state index contributed by atoms with van der Waals surface area (Å²) in [5, 5.41) is 0. The summed E-state index contributed by atoms with van der Waals surface area (Å²) >= 11 is -4.64. The lowest BCUT2D eigenvalue weighted by Crippen LogP contribution is -2.29. The van der Waals surface area contributed by atoms with Crippen molar-refractivity contribution in [2.45, 2.75) is 0 Å².